The van der Waals surface area contributed by atoms with Gasteiger partial charge in [0.15, 0.2) is 11.5 Å². The van der Waals surface area contributed by atoms with E-state index in [9.17, 15) is 18.0 Å². The summed E-state index contributed by atoms with van der Waals surface area (Å²) in [5.74, 6) is 0.121. The highest BCUT2D eigenvalue weighted by molar-refractivity contribution is 6.30. The van der Waals surface area contributed by atoms with Gasteiger partial charge in [-0.05, 0) is 18.2 Å². The predicted molar refractivity (Wildman–Crippen MR) is 94.7 cm³/mol. The SMILES string of the molecule is COc1cc(C(=O)c2cn3cc(Cl)cc(C(F)(F)F)c3n2)cc(OC)c1OC. The highest BCUT2D eigenvalue weighted by atomic mass is 35.5. The minimum Gasteiger partial charge on any atom is -0.493 e. The fourth-order valence-corrected chi connectivity index (χ4v) is 2.96. The Labute approximate surface area is 162 Å². The molecular formula is C18H14ClF3N2O4. The number of benzene rings is 1. The van der Waals surface area contributed by atoms with Gasteiger partial charge in [0.05, 0.1) is 26.4 Å². The van der Waals surface area contributed by atoms with E-state index in [2.05, 4.69) is 4.98 Å². The Hall–Kier alpha value is -2.94. The smallest absolute Gasteiger partial charge is 0.420 e. The summed E-state index contributed by atoms with van der Waals surface area (Å²) >= 11 is 5.77. The van der Waals surface area contributed by atoms with Gasteiger partial charge in [0.2, 0.25) is 11.5 Å². The fraction of sp³-hybridized carbons (Fsp3) is 0.222. The number of ether oxygens (including phenoxy) is 3. The van der Waals surface area contributed by atoms with Gasteiger partial charge in [-0.3, -0.25) is 4.79 Å². The molecule has 6 nitrogen and oxygen atoms in total. The molecule has 3 aromatic rings. The average molecular weight is 415 g/mol. The van der Waals surface area contributed by atoms with E-state index in [-0.39, 0.29) is 33.5 Å². The van der Waals surface area contributed by atoms with Crippen LogP contribution < -0.4 is 14.2 Å². The van der Waals surface area contributed by atoms with Gasteiger partial charge in [0.25, 0.3) is 0 Å². The third-order valence-corrected chi connectivity index (χ3v) is 4.19. The van der Waals surface area contributed by atoms with Crippen molar-refractivity contribution in [2.24, 2.45) is 0 Å². The average Bonchev–Trinajstić information content (AvgIpc) is 3.08. The molecule has 0 radical (unpaired) electrons. The maximum atomic E-state index is 13.3. The molecule has 148 valence electrons. The molecule has 0 N–H and O–H groups in total. The third kappa shape index (κ3) is 3.45. The van der Waals surface area contributed by atoms with Crippen molar-refractivity contribution < 1.29 is 32.2 Å². The molecule has 10 heteroatoms. The molecular weight excluding hydrogens is 401 g/mol. The molecule has 0 aliphatic heterocycles. The number of aromatic nitrogens is 2. The van der Waals surface area contributed by atoms with Crippen LogP contribution in [0, 0.1) is 0 Å². The van der Waals surface area contributed by atoms with E-state index >= 15 is 0 Å². The van der Waals surface area contributed by atoms with Crippen LogP contribution in [0.3, 0.4) is 0 Å². The van der Waals surface area contributed by atoms with Gasteiger partial charge in [-0.25, -0.2) is 4.98 Å². The van der Waals surface area contributed by atoms with Crippen molar-refractivity contribution in [3.8, 4) is 17.2 Å². The molecule has 0 aliphatic carbocycles. The summed E-state index contributed by atoms with van der Waals surface area (Å²) in [6.45, 7) is 0. The van der Waals surface area contributed by atoms with Gasteiger partial charge in [-0.15, -0.1) is 0 Å². The van der Waals surface area contributed by atoms with Crippen molar-refractivity contribution in [1.29, 1.82) is 0 Å². The van der Waals surface area contributed by atoms with E-state index in [1.54, 1.807) is 0 Å². The number of alkyl halides is 3. The normalized spacial score (nSPS) is 11.5. The second-order valence-electron chi connectivity index (χ2n) is 5.67. The van der Waals surface area contributed by atoms with Gasteiger partial charge in [0, 0.05) is 18.0 Å². The molecule has 0 aliphatic rings. The number of hydrogen-bond donors (Lipinski definition) is 0. The Kier molecular flexibility index (Phi) is 5.12. The Morgan fingerprint density at radius 1 is 1.04 bits per heavy atom. The van der Waals surface area contributed by atoms with Crippen LogP contribution in [-0.2, 0) is 6.18 Å². The second-order valence-corrected chi connectivity index (χ2v) is 6.11. The van der Waals surface area contributed by atoms with Crippen LogP contribution in [-0.4, -0.2) is 36.5 Å². The Morgan fingerprint density at radius 2 is 1.64 bits per heavy atom. The van der Waals surface area contributed by atoms with Crippen molar-refractivity contribution in [3.05, 3.63) is 52.4 Å². The predicted octanol–water partition coefficient (Wildman–Crippen LogP) is 4.26. The van der Waals surface area contributed by atoms with Crippen LogP contribution in [0.2, 0.25) is 5.02 Å². The van der Waals surface area contributed by atoms with Gasteiger partial charge >= 0.3 is 6.18 Å². The lowest BCUT2D eigenvalue weighted by Crippen LogP contribution is -2.08. The van der Waals surface area contributed by atoms with E-state index in [1.807, 2.05) is 0 Å². The Balaban J connectivity index is 2.15. The number of fused-ring (bicyclic) bond motifs is 1. The van der Waals surface area contributed by atoms with E-state index in [4.69, 9.17) is 25.8 Å². The maximum absolute atomic E-state index is 13.3. The summed E-state index contributed by atoms with van der Waals surface area (Å²) < 4.78 is 56.5. The molecule has 0 bridgehead atoms. The number of methoxy groups -OCH3 is 3. The lowest BCUT2D eigenvalue weighted by atomic mass is 10.1. The van der Waals surface area contributed by atoms with Gasteiger partial charge < -0.3 is 18.6 Å². The Morgan fingerprint density at radius 3 is 2.14 bits per heavy atom. The van der Waals surface area contributed by atoms with Crippen LogP contribution >= 0.6 is 11.6 Å². The van der Waals surface area contributed by atoms with Crippen molar-refractivity contribution in [2.75, 3.05) is 21.3 Å². The molecule has 1 aromatic carbocycles. The lowest BCUT2D eigenvalue weighted by Gasteiger charge is -2.13. The minimum atomic E-state index is -4.68. The summed E-state index contributed by atoms with van der Waals surface area (Å²) in [7, 11) is 4.18. The lowest BCUT2D eigenvalue weighted by molar-refractivity contribution is -0.136. The summed E-state index contributed by atoms with van der Waals surface area (Å²) in [6, 6.07) is 3.55. The standard InChI is InChI=1S/C18H14ClF3N2O4/c1-26-13-4-9(5-14(27-2)16(13)28-3)15(25)12-8-24-7-10(19)6-11(17(24)23-12)18(20,21)22/h4-8H,1-3H3. The van der Waals surface area contributed by atoms with Crippen molar-refractivity contribution >= 4 is 23.0 Å². The molecule has 0 spiro atoms. The van der Waals surface area contributed by atoms with E-state index < -0.39 is 23.2 Å². The number of nitrogens with zero attached hydrogens (tertiary/aromatic N) is 2. The van der Waals surface area contributed by atoms with Crippen molar-refractivity contribution in [3.63, 3.8) is 0 Å². The largest absolute Gasteiger partial charge is 0.493 e. The maximum Gasteiger partial charge on any atom is 0.420 e. The van der Waals surface area contributed by atoms with E-state index in [0.717, 1.165) is 10.5 Å². The zero-order valence-electron chi connectivity index (χ0n) is 14.9. The first-order valence-corrected chi connectivity index (χ1v) is 8.17. The molecule has 2 aromatic heterocycles. The topological polar surface area (TPSA) is 62.1 Å². The molecule has 2 heterocycles. The van der Waals surface area contributed by atoms with E-state index in [1.165, 1.54) is 45.9 Å². The number of carbonyl (C=O) groups excluding carboxylic acids is 1. The molecule has 0 saturated heterocycles. The molecule has 3 rings (SSSR count). The molecule has 0 fully saturated rings. The zero-order valence-corrected chi connectivity index (χ0v) is 15.7. The van der Waals surface area contributed by atoms with Gasteiger partial charge in [-0.2, -0.15) is 13.2 Å². The first-order chi connectivity index (χ1) is 13.2. The second kappa shape index (κ2) is 7.23. The van der Waals surface area contributed by atoms with Crippen LogP contribution in [0.5, 0.6) is 17.2 Å². The summed E-state index contributed by atoms with van der Waals surface area (Å²) in [5, 5.41) is -0.135. The number of ketones is 1. The number of carbonyl (C=O) groups is 1. The minimum absolute atomic E-state index is 0.109. The quantitative estimate of drug-likeness (QED) is 0.584. The molecule has 0 amide bonds. The molecule has 0 saturated carbocycles. The summed E-state index contributed by atoms with van der Waals surface area (Å²) in [4.78, 5) is 16.7. The monoisotopic (exact) mass is 414 g/mol. The van der Waals surface area contributed by atoms with Crippen LogP contribution in [0.4, 0.5) is 13.2 Å². The highest BCUT2D eigenvalue weighted by Gasteiger charge is 2.35. The first kappa shape index (κ1) is 19.8. The van der Waals surface area contributed by atoms with Gasteiger partial charge in [0.1, 0.15) is 16.9 Å². The number of halogens is 4. The number of imidazole rings is 1. The zero-order chi connectivity index (χ0) is 20.6. The van der Waals surface area contributed by atoms with Crippen LogP contribution in [0.1, 0.15) is 21.6 Å². The Bertz CT molecular complexity index is 1040. The number of hydrogen-bond acceptors (Lipinski definition) is 5. The van der Waals surface area contributed by atoms with Crippen molar-refractivity contribution in [2.45, 2.75) is 6.18 Å². The highest BCUT2D eigenvalue weighted by Crippen LogP contribution is 2.39. The van der Waals surface area contributed by atoms with Gasteiger partial charge in [-0.1, -0.05) is 11.6 Å². The fourth-order valence-electron chi connectivity index (χ4n) is 2.74. The molecule has 0 unspecified atom stereocenters. The molecule has 28 heavy (non-hydrogen) atoms. The van der Waals surface area contributed by atoms with Crippen molar-refractivity contribution in [1.82, 2.24) is 9.38 Å². The van der Waals surface area contributed by atoms with Crippen LogP contribution in [0.15, 0.2) is 30.6 Å². The number of rotatable bonds is 5. The summed E-state index contributed by atoms with van der Waals surface area (Å²) in [5.41, 5.74) is -1.55. The van der Waals surface area contributed by atoms with Crippen LogP contribution in [0.25, 0.3) is 5.65 Å². The van der Waals surface area contributed by atoms with E-state index in [0.29, 0.717) is 0 Å². The summed E-state index contributed by atoms with van der Waals surface area (Å²) in [6.07, 6.45) is -2.25. The first-order valence-electron chi connectivity index (χ1n) is 7.79. The molecule has 0 atom stereocenters. The number of pyridine rings is 1. The third-order valence-electron chi connectivity index (χ3n) is 3.98.